The van der Waals surface area contributed by atoms with Gasteiger partial charge in [0.15, 0.2) is 0 Å². The molecule has 3 rings (SSSR count). The Morgan fingerprint density at radius 3 is 2.57 bits per heavy atom. The fraction of sp³-hybridized carbons (Fsp3) is 0.583. The van der Waals surface area contributed by atoms with Crippen LogP contribution in [0.25, 0.3) is 11.5 Å². The molecule has 37 heavy (non-hydrogen) atoms. The van der Waals surface area contributed by atoms with E-state index in [0.29, 0.717) is 19.0 Å². The predicted molar refractivity (Wildman–Crippen MR) is 120 cm³/mol. The summed E-state index contributed by atoms with van der Waals surface area (Å²) in [5, 5.41) is 20.5. The predicted octanol–water partition coefficient (Wildman–Crippen LogP) is 5.36. The van der Waals surface area contributed by atoms with Crippen molar-refractivity contribution in [2.75, 3.05) is 0 Å². The molecule has 0 aliphatic heterocycles. The molecule has 0 aromatic carbocycles. The number of alkyl halides is 6. The molecule has 2 unspecified atom stereocenters. The number of carbonyl (C=O) groups is 1. The number of rotatable bonds is 9. The van der Waals surface area contributed by atoms with Gasteiger partial charge in [-0.3, -0.25) is 9.78 Å². The summed E-state index contributed by atoms with van der Waals surface area (Å²) in [5.41, 5.74) is -1.02. The minimum atomic E-state index is -3.69. The zero-order valence-electron chi connectivity index (χ0n) is 20.5. The number of nitrogens with one attached hydrogen (secondary N) is 1. The normalized spacial score (nSPS) is 21.5. The van der Waals surface area contributed by atoms with Crippen LogP contribution in [0.3, 0.4) is 0 Å². The standard InChI is InChI=1S/C24H28F6N4O3/c1-5-16-15(9-14(11-31-16)19-33-34-20(37-19)18(25)26)22(3,36)12(2)8-13-10-24(29,30)7-6-17(13)32-21(35)23(4,27)28/h9,11,13,17-18,36H,2,5-8,10H2,1,3-4H3,(H,32,35)/t13?,17?,22-/m0/s1. The number of aryl methyl sites for hydroxylation is 1. The first-order valence-electron chi connectivity index (χ1n) is 11.6. The maximum atomic E-state index is 14.2. The van der Waals surface area contributed by atoms with Crippen LogP contribution in [0.5, 0.6) is 0 Å². The van der Waals surface area contributed by atoms with E-state index in [9.17, 15) is 36.2 Å². The first kappa shape index (κ1) is 28.6. The molecule has 2 N–H and O–H groups in total. The summed E-state index contributed by atoms with van der Waals surface area (Å²) in [7, 11) is 0. The van der Waals surface area contributed by atoms with Crippen molar-refractivity contribution < 1.29 is 40.7 Å². The number of aromatic nitrogens is 3. The highest BCUT2D eigenvalue weighted by Crippen LogP contribution is 2.43. The molecule has 1 saturated carbocycles. The third-order valence-corrected chi connectivity index (χ3v) is 6.57. The Balaban J connectivity index is 1.90. The van der Waals surface area contributed by atoms with Crippen molar-refractivity contribution in [1.29, 1.82) is 0 Å². The smallest absolute Gasteiger partial charge is 0.321 e. The van der Waals surface area contributed by atoms with Crippen LogP contribution in [0.4, 0.5) is 26.3 Å². The van der Waals surface area contributed by atoms with Crippen LogP contribution in [0.2, 0.25) is 0 Å². The van der Waals surface area contributed by atoms with Crippen LogP contribution in [-0.4, -0.2) is 44.1 Å². The van der Waals surface area contributed by atoms with E-state index < -0.39 is 60.5 Å². The number of nitrogens with zero attached hydrogens (tertiary/aromatic N) is 3. The lowest BCUT2D eigenvalue weighted by molar-refractivity contribution is -0.145. The average Bonchev–Trinajstić information content (AvgIpc) is 3.30. The van der Waals surface area contributed by atoms with E-state index in [0.717, 1.165) is 0 Å². The van der Waals surface area contributed by atoms with Gasteiger partial charge in [-0.15, -0.1) is 10.2 Å². The minimum absolute atomic E-state index is 0.0742. The van der Waals surface area contributed by atoms with E-state index >= 15 is 0 Å². The van der Waals surface area contributed by atoms with Crippen molar-refractivity contribution >= 4 is 5.91 Å². The molecular weight excluding hydrogens is 506 g/mol. The second kappa shape index (κ2) is 10.4. The Morgan fingerprint density at radius 2 is 2.00 bits per heavy atom. The Bertz CT molecular complexity index is 1150. The van der Waals surface area contributed by atoms with Gasteiger partial charge in [0.1, 0.15) is 5.60 Å². The fourth-order valence-corrected chi connectivity index (χ4v) is 4.39. The summed E-state index contributed by atoms with van der Waals surface area (Å²) in [6, 6.07) is 0.429. The minimum Gasteiger partial charge on any atom is -0.415 e. The fourth-order valence-electron chi connectivity index (χ4n) is 4.39. The Hall–Kier alpha value is -2.96. The molecule has 0 spiro atoms. The summed E-state index contributed by atoms with van der Waals surface area (Å²) in [4.78, 5) is 16.1. The third kappa shape index (κ3) is 6.49. The molecule has 1 aliphatic rings. The summed E-state index contributed by atoms with van der Waals surface area (Å²) in [6.07, 6.45) is -3.05. The van der Waals surface area contributed by atoms with E-state index in [-0.39, 0.29) is 35.4 Å². The molecule has 0 radical (unpaired) electrons. The van der Waals surface area contributed by atoms with Crippen LogP contribution in [0, 0.1) is 5.92 Å². The molecule has 2 aromatic rings. The second-order valence-electron chi connectivity index (χ2n) is 9.53. The first-order chi connectivity index (χ1) is 17.0. The molecule has 7 nitrogen and oxygen atoms in total. The molecule has 0 saturated heterocycles. The molecule has 13 heteroatoms. The number of pyridine rings is 1. The van der Waals surface area contributed by atoms with Crippen molar-refractivity contribution in [2.45, 2.75) is 82.8 Å². The van der Waals surface area contributed by atoms with Gasteiger partial charge in [0, 0.05) is 43.3 Å². The second-order valence-corrected chi connectivity index (χ2v) is 9.53. The van der Waals surface area contributed by atoms with Crippen LogP contribution in [0.1, 0.15) is 70.0 Å². The number of carbonyl (C=O) groups excluding carboxylic acids is 1. The van der Waals surface area contributed by atoms with Gasteiger partial charge < -0.3 is 14.8 Å². The first-order valence-corrected chi connectivity index (χ1v) is 11.6. The number of hydrogen-bond acceptors (Lipinski definition) is 6. The van der Waals surface area contributed by atoms with Gasteiger partial charge in [-0.05, 0) is 43.7 Å². The molecule has 3 atom stereocenters. The molecular formula is C24H28F6N4O3. The molecule has 2 heterocycles. The monoisotopic (exact) mass is 534 g/mol. The average molecular weight is 535 g/mol. The van der Waals surface area contributed by atoms with Crippen molar-refractivity contribution in [1.82, 2.24) is 20.5 Å². The maximum Gasteiger partial charge on any atom is 0.321 e. The van der Waals surface area contributed by atoms with Gasteiger partial charge in [-0.25, -0.2) is 8.78 Å². The van der Waals surface area contributed by atoms with Crippen molar-refractivity contribution in [3.8, 4) is 11.5 Å². The Labute approximate surface area is 209 Å². The van der Waals surface area contributed by atoms with Gasteiger partial charge in [-0.1, -0.05) is 13.5 Å². The van der Waals surface area contributed by atoms with E-state index in [4.69, 9.17) is 4.42 Å². The van der Waals surface area contributed by atoms with Crippen LogP contribution >= 0.6 is 0 Å². The number of amides is 1. The third-order valence-electron chi connectivity index (χ3n) is 6.57. The number of halogens is 6. The molecule has 2 aromatic heterocycles. The zero-order chi connectivity index (χ0) is 27.8. The van der Waals surface area contributed by atoms with Crippen LogP contribution in [0.15, 0.2) is 28.8 Å². The molecule has 1 fully saturated rings. The largest absolute Gasteiger partial charge is 0.415 e. The van der Waals surface area contributed by atoms with Crippen molar-refractivity contribution in [3.05, 3.63) is 41.6 Å². The number of aliphatic hydroxyl groups is 1. The topological polar surface area (TPSA) is 101 Å². The van der Waals surface area contributed by atoms with Crippen molar-refractivity contribution in [2.24, 2.45) is 5.92 Å². The van der Waals surface area contributed by atoms with E-state index in [1.807, 2.05) is 0 Å². The Kier molecular flexibility index (Phi) is 8.06. The van der Waals surface area contributed by atoms with Gasteiger partial charge in [0.05, 0.1) is 5.56 Å². The van der Waals surface area contributed by atoms with Crippen molar-refractivity contribution in [3.63, 3.8) is 0 Å². The lowest BCUT2D eigenvalue weighted by Crippen LogP contribution is -2.51. The summed E-state index contributed by atoms with van der Waals surface area (Å²) in [5.74, 6) is -10.5. The van der Waals surface area contributed by atoms with Gasteiger partial charge in [0.25, 0.3) is 11.8 Å². The van der Waals surface area contributed by atoms with Gasteiger partial charge in [0.2, 0.25) is 11.8 Å². The molecule has 0 bridgehead atoms. The van der Waals surface area contributed by atoms with E-state index in [1.165, 1.54) is 19.2 Å². The highest BCUT2D eigenvalue weighted by molar-refractivity contribution is 5.83. The maximum absolute atomic E-state index is 14.2. The number of hydrogen-bond donors (Lipinski definition) is 2. The lowest BCUT2D eigenvalue weighted by Gasteiger charge is -2.39. The summed E-state index contributed by atoms with van der Waals surface area (Å²) < 4.78 is 86.1. The van der Waals surface area contributed by atoms with E-state index in [2.05, 4.69) is 27.1 Å². The van der Waals surface area contributed by atoms with E-state index in [1.54, 1.807) is 6.92 Å². The molecule has 1 amide bonds. The Morgan fingerprint density at radius 1 is 1.32 bits per heavy atom. The molecule has 1 aliphatic carbocycles. The quantitative estimate of drug-likeness (QED) is 0.332. The SMILES string of the molecule is C=C(CC1CC(F)(F)CCC1NC(=O)C(C)(F)F)[C@](C)(O)c1cc(-c2nnc(C(F)F)o2)cnc1CC. The summed E-state index contributed by atoms with van der Waals surface area (Å²) >= 11 is 0. The molecule has 204 valence electrons. The van der Waals surface area contributed by atoms with Gasteiger partial charge >= 0.3 is 12.3 Å². The highest BCUT2D eigenvalue weighted by atomic mass is 19.3. The summed E-state index contributed by atoms with van der Waals surface area (Å²) in [6.45, 7) is 7.41. The van der Waals surface area contributed by atoms with Crippen LogP contribution in [-0.2, 0) is 16.8 Å². The highest BCUT2D eigenvalue weighted by Gasteiger charge is 2.45. The lowest BCUT2D eigenvalue weighted by atomic mass is 9.74. The zero-order valence-corrected chi connectivity index (χ0v) is 20.5. The van der Waals surface area contributed by atoms with Gasteiger partial charge in [-0.2, -0.15) is 17.6 Å². The van der Waals surface area contributed by atoms with Crippen LogP contribution < -0.4 is 5.32 Å².